The molecule has 1 rings (SSSR count). The molecule has 0 aliphatic heterocycles. The molecule has 0 atom stereocenters. The lowest BCUT2D eigenvalue weighted by Gasteiger charge is -1.79. The molecule has 0 spiro atoms. The van der Waals surface area contributed by atoms with Crippen molar-refractivity contribution in [3.63, 3.8) is 0 Å². The van der Waals surface area contributed by atoms with Gasteiger partial charge in [-0.15, -0.1) is 11.3 Å². The summed E-state index contributed by atoms with van der Waals surface area (Å²) < 4.78 is 0. The molecule has 0 aliphatic carbocycles. The first-order valence-electron chi connectivity index (χ1n) is 2.93. The van der Waals surface area contributed by atoms with Crippen LogP contribution in [0.5, 0.6) is 0 Å². The van der Waals surface area contributed by atoms with Crippen molar-refractivity contribution >= 4 is 29.4 Å². The van der Waals surface area contributed by atoms with Crippen LogP contribution in [0.4, 0.5) is 5.82 Å². The van der Waals surface area contributed by atoms with E-state index in [1.165, 1.54) is 0 Å². The van der Waals surface area contributed by atoms with Crippen molar-refractivity contribution in [2.75, 3.05) is 0 Å². The molecule has 1 N–H and O–H groups in total. The fourth-order valence-electron chi connectivity index (χ4n) is 0.606. The van der Waals surface area contributed by atoms with Crippen LogP contribution in [-0.2, 0) is 0 Å². The molecule has 0 amide bonds. The molecule has 7 nitrogen and oxygen atoms in total. The molecule has 13 heavy (non-hydrogen) atoms. The van der Waals surface area contributed by atoms with Crippen molar-refractivity contribution in [3.05, 3.63) is 20.3 Å². The fraction of sp³-hybridized carbons (Fsp3) is 0. The van der Waals surface area contributed by atoms with Crippen LogP contribution in [0.1, 0.15) is 19.5 Å². The van der Waals surface area contributed by atoms with Gasteiger partial charge in [-0.25, -0.2) is 9.78 Å². The summed E-state index contributed by atoms with van der Waals surface area (Å²) in [5.41, 5.74) is 8.05. The Kier molecular flexibility index (Phi) is 2.58. The molecule has 0 fully saturated rings. The van der Waals surface area contributed by atoms with E-state index in [0.29, 0.717) is 17.6 Å². The van der Waals surface area contributed by atoms with Crippen molar-refractivity contribution in [3.8, 4) is 0 Å². The number of hydrogen-bond donors (Lipinski definition) is 1. The number of carboxylic acid groups (broad SMARTS) is 1. The zero-order chi connectivity index (χ0) is 9.84. The third-order valence-corrected chi connectivity index (χ3v) is 2.02. The van der Waals surface area contributed by atoms with Gasteiger partial charge >= 0.3 is 5.97 Å². The molecule has 0 unspecified atom stereocenters. The van der Waals surface area contributed by atoms with Crippen LogP contribution >= 0.6 is 11.3 Å². The normalized spacial score (nSPS) is 8.92. The number of carboxylic acids is 1. The Morgan fingerprint density at radius 2 is 2.46 bits per heavy atom. The van der Waals surface area contributed by atoms with Crippen molar-refractivity contribution < 1.29 is 14.7 Å². The third-order valence-electron chi connectivity index (χ3n) is 1.06. The molecule has 1 aromatic rings. The van der Waals surface area contributed by atoms with E-state index >= 15 is 0 Å². The Hall–Kier alpha value is -1.92. The molecule has 0 saturated heterocycles. The van der Waals surface area contributed by atoms with E-state index in [0.717, 1.165) is 0 Å². The van der Waals surface area contributed by atoms with Gasteiger partial charge in [0, 0.05) is 4.91 Å². The number of thiazole rings is 1. The predicted octanol–water partition coefficient (Wildman–Crippen LogP) is 1.60. The van der Waals surface area contributed by atoms with Gasteiger partial charge in [-0.05, 0) is 10.6 Å². The van der Waals surface area contributed by atoms with Crippen molar-refractivity contribution in [2.24, 2.45) is 5.11 Å². The van der Waals surface area contributed by atoms with E-state index in [1.807, 2.05) is 0 Å². The van der Waals surface area contributed by atoms with E-state index < -0.39 is 5.97 Å². The van der Waals surface area contributed by atoms with Gasteiger partial charge in [0.15, 0.2) is 6.29 Å². The molecular weight excluding hydrogens is 196 g/mol. The first-order valence-corrected chi connectivity index (χ1v) is 3.75. The molecule has 66 valence electrons. The quantitative estimate of drug-likeness (QED) is 0.343. The van der Waals surface area contributed by atoms with E-state index in [2.05, 4.69) is 15.0 Å². The van der Waals surface area contributed by atoms with Gasteiger partial charge in [-0.1, -0.05) is 0 Å². The number of aromatic carboxylic acids is 1. The number of hydrogen-bond acceptors (Lipinski definition) is 5. The summed E-state index contributed by atoms with van der Waals surface area (Å²) in [5, 5.41) is 11.3. The number of azide groups is 1. The fourth-order valence-corrected chi connectivity index (χ4v) is 1.26. The van der Waals surface area contributed by atoms with Gasteiger partial charge in [-0.2, -0.15) is 0 Å². The van der Waals surface area contributed by atoms with Crippen LogP contribution in [0.2, 0.25) is 0 Å². The van der Waals surface area contributed by atoms with Crippen LogP contribution in [0, 0.1) is 0 Å². The molecule has 0 aliphatic rings. The highest BCUT2D eigenvalue weighted by molar-refractivity contribution is 7.15. The van der Waals surface area contributed by atoms with Gasteiger partial charge in [0.05, 0.1) is 4.88 Å². The van der Waals surface area contributed by atoms with Crippen LogP contribution in [0.3, 0.4) is 0 Å². The van der Waals surface area contributed by atoms with Crippen molar-refractivity contribution in [1.29, 1.82) is 0 Å². The summed E-state index contributed by atoms with van der Waals surface area (Å²) in [7, 11) is 0. The summed E-state index contributed by atoms with van der Waals surface area (Å²) in [6.07, 6.45) is 0.397. The second kappa shape index (κ2) is 3.65. The van der Waals surface area contributed by atoms with E-state index in [9.17, 15) is 9.59 Å². The lowest BCUT2D eigenvalue weighted by Crippen LogP contribution is -1.93. The highest BCUT2D eigenvalue weighted by Crippen LogP contribution is 2.23. The molecule has 0 radical (unpaired) electrons. The van der Waals surface area contributed by atoms with E-state index in [1.54, 1.807) is 0 Å². The molecule has 1 heterocycles. The predicted molar refractivity (Wildman–Crippen MR) is 43.3 cm³/mol. The maximum absolute atomic E-state index is 10.4. The second-order valence-electron chi connectivity index (χ2n) is 1.82. The lowest BCUT2D eigenvalue weighted by molar-refractivity contribution is 0.0696. The van der Waals surface area contributed by atoms with Crippen molar-refractivity contribution in [2.45, 2.75) is 0 Å². The zero-order valence-corrected chi connectivity index (χ0v) is 6.85. The number of aldehydes is 1. The second-order valence-corrected chi connectivity index (χ2v) is 2.85. The Balaban J connectivity index is 3.26. The molecule has 1 aromatic heterocycles. The summed E-state index contributed by atoms with van der Waals surface area (Å²) in [5.74, 6) is -1.45. The third kappa shape index (κ3) is 1.81. The van der Waals surface area contributed by atoms with Gasteiger partial charge in [0.1, 0.15) is 5.82 Å². The summed E-state index contributed by atoms with van der Waals surface area (Å²) >= 11 is 0.664. The van der Waals surface area contributed by atoms with Gasteiger partial charge < -0.3 is 5.11 Å². The SMILES string of the molecule is [N-]=[N+]=Nc1nc(C(=O)O)sc1C=O. The maximum Gasteiger partial charge on any atom is 0.365 e. The first kappa shape index (κ1) is 9.17. The number of carbonyl (C=O) groups is 2. The minimum absolute atomic E-state index is 0.00944. The Labute approximate surface area is 75.3 Å². The average molecular weight is 198 g/mol. The van der Waals surface area contributed by atoms with Crippen LogP contribution in [0.25, 0.3) is 10.4 Å². The summed E-state index contributed by atoms with van der Waals surface area (Å²) in [4.78, 5) is 26.6. The monoisotopic (exact) mass is 198 g/mol. The van der Waals surface area contributed by atoms with Gasteiger partial charge in [-0.3, -0.25) is 4.79 Å². The summed E-state index contributed by atoms with van der Waals surface area (Å²) in [6, 6.07) is 0. The summed E-state index contributed by atoms with van der Waals surface area (Å²) in [6.45, 7) is 0. The Bertz CT molecular complexity index is 406. The lowest BCUT2D eigenvalue weighted by atomic mass is 10.5. The maximum atomic E-state index is 10.4. The van der Waals surface area contributed by atoms with Crippen molar-refractivity contribution in [1.82, 2.24) is 4.98 Å². The molecular formula is C5H2N4O3S. The van der Waals surface area contributed by atoms with Gasteiger partial charge in [0.2, 0.25) is 5.01 Å². The first-order chi connectivity index (χ1) is 6.19. The van der Waals surface area contributed by atoms with E-state index in [4.69, 9.17) is 10.6 Å². The standard InChI is InChI=1S/C5H2N4O3S/c6-9-8-3-2(1-10)13-4(7-3)5(11)12/h1H,(H,11,12). The molecule has 0 bridgehead atoms. The minimum Gasteiger partial charge on any atom is -0.476 e. The highest BCUT2D eigenvalue weighted by atomic mass is 32.1. The number of nitrogens with zero attached hydrogens (tertiary/aromatic N) is 4. The zero-order valence-electron chi connectivity index (χ0n) is 6.04. The number of rotatable bonds is 3. The Morgan fingerprint density at radius 3 is 2.92 bits per heavy atom. The van der Waals surface area contributed by atoms with Crippen LogP contribution in [-0.4, -0.2) is 22.3 Å². The number of carbonyl (C=O) groups excluding carboxylic acids is 1. The largest absolute Gasteiger partial charge is 0.476 e. The number of aromatic nitrogens is 1. The topological polar surface area (TPSA) is 116 Å². The minimum atomic E-state index is -1.26. The van der Waals surface area contributed by atoms with E-state index in [-0.39, 0.29) is 15.7 Å². The van der Waals surface area contributed by atoms with Crippen LogP contribution in [0.15, 0.2) is 5.11 Å². The Morgan fingerprint density at radius 1 is 1.77 bits per heavy atom. The average Bonchev–Trinajstić information content (AvgIpc) is 2.48. The van der Waals surface area contributed by atoms with Crippen LogP contribution < -0.4 is 0 Å². The molecule has 0 saturated carbocycles. The smallest absolute Gasteiger partial charge is 0.365 e. The highest BCUT2D eigenvalue weighted by Gasteiger charge is 2.13. The molecule has 0 aromatic carbocycles. The molecule has 8 heteroatoms. The van der Waals surface area contributed by atoms with Gasteiger partial charge in [0.25, 0.3) is 0 Å².